The van der Waals surface area contributed by atoms with Crippen molar-refractivity contribution >= 4 is 25.1 Å². The Kier molecular flexibility index (Phi) is 10.8. The monoisotopic (exact) mass is 431 g/mol. The smallest absolute Gasteiger partial charge is 0.466 e. The van der Waals surface area contributed by atoms with E-state index in [4.69, 9.17) is 5.26 Å². The number of nitriles is 1. The van der Waals surface area contributed by atoms with Gasteiger partial charge in [0.2, 0.25) is 0 Å². The average Bonchev–Trinajstić information content (AvgIpc) is 2.73. The third-order valence-corrected chi connectivity index (χ3v) is 3.87. The van der Waals surface area contributed by atoms with Gasteiger partial charge in [-0.15, -0.1) is 0 Å². The van der Waals surface area contributed by atoms with Crippen molar-refractivity contribution in [1.82, 2.24) is 4.98 Å². The normalized spacial score (nSPS) is 9.90. The van der Waals surface area contributed by atoms with E-state index in [-0.39, 0.29) is 35.2 Å². The van der Waals surface area contributed by atoms with E-state index in [9.17, 15) is 18.0 Å². The Bertz CT molecular complexity index is 1010. The third kappa shape index (κ3) is 8.46. The molecule has 2 aromatic carbocycles. The molecule has 1 aromatic heterocycles. The van der Waals surface area contributed by atoms with Crippen LogP contribution >= 0.6 is 0 Å². The molecular formula is C21H16BF3N4NaO. The summed E-state index contributed by atoms with van der Waals surface area (Å²) < 4.78 is 37.9. The summed E-state index contributed by atoms with van der Waals surface area (Å²) in [6, 6.07) is 15.0. The second-order valence-electron chi connectivity index (χ2n) is 5.91. The van der Waals surface area contributed by atoms with Gasteiger partial charge < -0.3 is 18.5 Å². The molecule has 2 N–H and O–H groups in total. The SMILES string of the molecule is O=C(Nc1ccc(C(F)(F)F)cc1)c1ccccc1NCc1ccncc1.[B-]C#N.[Na+]. The minimum atomic E-state index is -4.41. The number of aromatic nitrogens is 1. The fourth-order valence-electron chi connectivity index (χ4n) is 2.47. The van der Waals surface area contributed by atoms with Gasteiger partial charge in [0.1, 0.15) is 0 Å². The Hall–Kier alpha value is -2.80. The number of nitrogens with one attached hydrogen (secondary N) is 2. The van der Waals surface area contributed by atoms with Crippen molar-refractivity contribution in [2.24, 2.45) is 0 Å². The van der Waals surface area contributed by atoms with E-state index in [1.807, 2.05) is 12.1 Å². The summed E-state index contributed by atoms with van der Waals surface area (Å²) in [5, 5.41) is 12.9. The number of carbonyl (C=O) groups excluding carboxylic acids is 1. The average molecular weight is 431 g/mol. The molecule has 0 bridgehead atoms. The summed E-state index contributed by atoms with van der Waals surface area (Å²) in [7, 11) is 4.15. The zero-order valence-corrected chi connectivity index (χ0v) is 18.6. The second kappa shape index (κ2) is 12.8. The summed E-state index contributed by atoms with van der Waals surface area (Å²) in [4.78, 5) is 16.5. The largest absolute Gasteiger partial charge is 1.00 e. The molecule has 31 heavy (non-hydrogen) atoms. The molecule has 0 spiro atoms. The number of halogens is 3. The van der Waals surface area contributed by atoms with Crippen LogP contribution in [0, 0.1) is 11.2 Å². The number of rotatable bonds is 5. The molecular weight excluding hydrogens is 415 g/mol. The number of carbonyl (C=O) groups is 1. The maximum absolute atomic E-state index is 12.6. The molecule has 10 heteroatoms. The van der Waals surface area contributed by atoms with E-state index in [2.05, 4.69) is 23.5 Å². The summed E-state index contributed by atoms with van der Waals surface area (Å²) >= 11 is 0. The van der Waals surface area contributed by atoms with Crippen LogP contribution in [0.2, 0.25) is 0 Å². The van der Waals surface area contributed by atoms with Crippen LogP contribution in [0.15, 0.2) is 73.1 Å². The topological polar surface area (TPSA) is 77.8 Å². The van der Waals surface area contributed by atoms with Crippen molar-refractivity contribution in [3.63, 3.8) is 0 Å². The van der Waals surface area contributed by atoms with Crippen molar-refractivity contribution in [1.29, 1.82) is 5.26 Å². The van der Waals surface area contributed by atoms with Crippen molar-refractivity contribution in [3.8, 4) is 5.97 Å². The van der Waals surface area contributed by atoms with Crippen LogP contribution in [0.5, 0.6) is 0 Å². The molecule has 0 fully saturated rings. The summed E-state index contributed by atoms with van der Waals surface area (Å²) in [5.41, 5.74) is 1.55. The van der Waals surface area contributed by atoms with Crippen molar-refractivity contribution in [2.45, 2.75) is 12.7 Å². The van der Waals surface area contributed by atoms with Gasteiger partial charge in [-0.1, -0.05) is 12.1 Å². The van der Waals surface area contributed by atoms with Crippen LogP contribution in [0.25, 0.3) is 0 Å². The minimum absolute atomic E-state index is 0. The zero-order valence-electron chi connectivity index (χ0n) is 16.6. The quantitative estimate of drug-likeness (QED) is 0.602. The number of amides is 1. The minimum Gasteiger partial charge on any atom is -0.466 e. The molecule has 0 saturated carbocycles. The molecule has 0 saturated heterocycles. The standard InChI is InChI=1S/C20H16F3N3O.CBN.Na/c21-20(22,23)15-5-7-16(8-6-15)26-19(27)17-3-1-2-4-18(17)25-13-14-9-11-24-12-10-14;2-1-3;/h1-12,25H,13H2,(H,26,27);;/q;-1;+1. The summed E-state index contributed by atoms with van der Waals surface area (Å²) in [5.74, 6) is 0.840. The van der Waals surface area contributed by atoms with Gasteiger partial charge in [0, 0.05) is 30.3 Å². The molecule has 1 heterocycles. The maximum atomic E-state index is 12.6. The predicted molar refractivity (Wildman–Crippen MR) is 109 cm³/mol. The number of para-hydroxylation sites is 1. The molecule has 0 atom stereocenters. The van der Waals surface area contributed by atoms with E-state index in [0.717, 1.165) is 17.7 Å². The van der Waals surface area contributed by atoms with Crippen LogP contribution in [-0.2, 0) is 12.7 Å². The Morgan fingerprint density at radius 2 is 1.61 bits per heavy atom. The Morgan fingerprint density at radius 3 is 2.19 bits per heavy atom. The van der Waals surface area contributed by atoms with E-state index in [1.165, 1.54) is 18.1 Å². The molecule has 0 aliphatic rings. The zero-order chi connectivity index (χ0) is 22.0. The Balaban J connectivity index is 0.00000113. The van der Waals surface area contributed by atoms with Crippen LogP contribution in [-0.4, -0.2) is 18.7 Å². The number of pyridine rings is 1. The van der Waals surface area contributed by atoms with Gasteiger partial charge in [-0.05, 0) is 54.1 Å². The van der Waals surface area contributed by atoms with Gasteiger partial charge in [-0.2, -0.15) is 13.2 Å². The van der Waals surface area contributed by atoms with Gasteiger partial charge in [-0.25, -0.2) is 0 Å². The number of hydrogen-bond donors (Lipinski definition) is 2. The molecule has 0 aliphatic heterocycles. The summed E-state index contributed by atoms with van der Waals surface area (Å²) in [6.45, 7) is 0.507. The Labute approximate surface area is 201 Å². The van der Waals surface area contributed by atoms with Crippen LogP contribution in [0.4, 0.5) is 24.5 Å². The molecule has 151 valence electrons. The molecule has 1 amide bonds. The number of hydrogen-bond acceptors (Lipinski definition) is 4. The molecule has 5 nitrogen and oxygen atoms in total. The van der Waals surface area contributed by atoms with Crippen LogP contribution in [0.3, 0.4) is 0 Å². The fourth-order valence-corrected chi connectivity index (χ4v) is 2.47. The molecule has 3 aromatic rings. The van der Waals surface area contributed by atoms with Gasteiger partial charge in [-0.3, -0.25) is 21.0 Å². The van der Waals surface area contributed by atoms with Crippen LogP contribution in [0.1, 0.15) is 21.5 Å². The second-order valence-corrected chi connectivity index (χ2v) is 5.91. The van der Waals surface area contributed by atoms with Crippen molar-refractivity contribution in [3.05, 3.63) is 89.7 Å². The first-order valence-corrected chi connectivity index (χ1v) is 8.65. The molecule has 0 aliphatic carbocycles. The van der Waals surface area contributed by atoms with E-state index in [0.29, 0.717) is 17.8 Å². The van der Waals surface area contributed by atoms with Gasteiger partial charge >= 0.3 is 35.7 Å². The van der Waals surface area contributed by atoms with Crippen LogP contribution < -0.4 is 40.2 Å². The van der Waals surface area contributed by atoms with Gasteiger partial charge in [0.25, 0.3) is 5.91 Å². The van der Waals surface area contributed by atoms with E-state index < -0.39 is 17.6 Å². The number of anilines is 2. The van der Waals surface area contributed by atoms with Gasteiger partial charge in [0.05, 0.1) is 11.1 Å². The summed E-state index contributed by atoms with van der Waals surface area (Å²) in [6.07, 6.45) is -1.05. The first-order chi connectivity index (χ1) is 14.3. The molecule has 0 unspecified atom stereocenters. The number of alkyl halides is 3. The van der Waals surface area contributed by atoms with E-state index >= 15 is 0 Å². The Morgan fingerprint density at radius 1 is 1.03 bits per heavy atom. The van der Waals surface area contributed by atoms with Crippen molar-refractivity contribution < 1.29 is 47.5 Å². The third-order valence-electron chi connectivity index (χ3n) is 3.87. The number of benzene rings is 2. The first kappa shape index (κ1) is 26.2. The molecule has 3 rings (SSSR count). The number of nitrogens with zero attached hydrogens (tertiary/aromatic N) is 2. The van der Waals surface area contributed by atoms with E-state index in [1.54, 1.807) is 36.7 Å². The molecule has 3 radical (unpaired) electrons. The first-order valence-electron chi connectivity index (χ1n) is 8.65. The van der Waals surface area contributed by atoms with Gasteiger partial charge in [0.15, 0.2) is 0 Å². The van der Waals surface area contributed by atoms with Crippen molar-refractivity contribution in [2.75, 3.05) is 10.6 Å². The predicted octanol–water partition coefficient (Wildman–Crippen LogP) is 1.60. The maximum Gasteiger partial charge on any atom is 1.00 e. The fraction of sp³-hybridized carbons (Fsp3) is 0.0952.